The Hall–Kier alpha value is -2.17. The first-order valence-electron chi connectivity index (χ1n) is 10.6. The molecule has 1 fully saturated rings. The lowest BCUT2D eigenvalue weighted by molar-refractivity contribution is -0.464. The Balaban J connectivity index is 2.75. The molecule has 0 N–H and O–H groups in total. The van der Waals surface area contributed by atoms with Crippen LogP contribution in [0, 0.1) is 0 Å². The molecule has 0 amide bonds. The molecular weight excluding hydrogens is 591 g/mol. The SMILES string of the molecule is COc1ccc(C2(C(F)(F)C(F)(F)C(F)(F)C(F)(F)C(F)(F)C(F)(F)C(F)(F)C(F)(F)F)CCCCC2)cc1. The number of alkyl halides is 17. The van der Waals surface area contributed by atoms with Crippen molar-refractivity contribution < 1.29 is 79.4 Å². The fraction of sp³-hybridized carbons (Fsp3) is 0.714. The molecule has 0 unspecified atom stereocenters. The van der Waals surface area contributed by atoms with Crippen molar-refractivity contribution in [2.45, 2.75) is 85.2 Å². The second-order valence-electron chi connectivity index (χ2n) is 8.89. The van der Waals surface area contributed by atoms with Gasteiger partial charge in [0.25, 0.3) is 0 Å². The summed E-state index contributed by atoms with van der Waals surface area (Å²) < 4.78 is 239. The molecule has 0 atom stereocenters. The number of benzene rings is 1. The molecule has 39 heavy (non-hydrogen) atoms. The van der Waals surface area contributed by atoms with Crippen molar-refractivity contribution in [3.63, 3.8) is 0 Å². The lowest BCUT2D eigenvalue weighted by Crippen LogP contribution is -2.76. The van der Waals surface area contributed by atoms with Crippen LogP contribution in [0.5, 0.6) is 5.75 Å². The average molecular weight is 608 g/mol. The highest BCUT2D eigenvalue weighted by Gasteiger charge is 2.96. The molecule has 0 aliphatic heterocycles. The molecule has 2 rings (SSSR count). The van der Waals surface area contributed by atoms with Gasteiger partial charge in [0.1, 0.15) is 5.75 Å². The summed E-state index contributed by atoms with van der Waals surface area (Å²) in [6, 6.07) is 3.00. The maximum absolute atomic E-state index is 15.4. The van der Waals surface area contributed by atoms with Gasteiger partial charge in [-0.05, 0) is 30.5 Å². The molecule has 0 radical (unpaired) electrons. The molecule has 0 spiro atoms. The molecular formula is C21H17F17O. The van der Waals surface area contributed by atoms with Crippen LogP contribution in [-0.2, 0) is 5.41 Å². The van der Waals surface area contributed by atoms with E-state index in [4.69, 9.17) is 4.74 Å². The van der Waals surface area contributed by atoms with Crippen LogP contribution in [0.4, 0.5) is 74.6 Å². The quantitative estimate of drug-likeness (QED) is 0.255. The lowest BCUT2D eigenvalue weighted by atomic mass is 9.62. The maximum atomic E-state index is 15.4. The summed E-state index contributed by atoms with van der Waals surface area (Å²) in [7, 11) is 1.06. The normalized spacial score (nSPS) is 18.7. The number of ether oxygens (including phenoxy) is 1. The first-order chi connectivity index (χ1) is 17.2. The van der Waals surface area contributed by atoms with Crippen LogP contribution in [-0.4, -0.2) is 54.7 Å². The van der Waals surface area contributed by atoms with Crippen LogP contribution in [0.25, 0.3) is 0 Å². The Labute approximate surface area is 208 Å². The third-order valence-electron chi connectivity index (χ3n) is 6.67. The van der Waals surface area contributed by atoms with Crippen molar-refractivity contribution in [3.05, 3.63) is 29.8 Å². The van der Waals surface area contributed by atoms with E-state index in [2.05, 4.69) is 0 Å². The third kappa shape index (κ3) is 4.28. The van der Waals surface area contributed by atoms with Gasteiger partial charge in [-0.15, -0.1) is 0 Å². The van der Waals surface area contributed by atoms with Gasteiger partial charge in [0.15, 0.2) is 0 Å². The number of hydrogen-bond donors (Lipinski definition) is 0. The van der Waals surface area contributed by atoms with Gasteiger partial charge in [-0.3, -0.25) is 0 Å². The van der Waals surface area contributed by atoms with Crippen molar-refractivity contribution in [3.8, 4) is 5.75 Å². The van der Waals surface area contributed by atoms with Crippen molar-refractivity contribution >= 4 is 0 Å². The van der Waals surface area contributed by atoms with E-state index in [9.17, 15) is 65.9 Å². The first kappa shape index (κ1) is 33.0. The Kier molecular flexibility index (Phi) is 8.00. The second-order valence-corrected chi connectivity index (χ2v) is 8.89. The minimum absolute atomic E-state index is 0.0307. The lowest BCUT2D eigenvalue weighted by Gasteiger charge is -2.49. The molecule has 1 saturated carbocycles. The van der Waals surface area contributed by atoms with E-state index in [-0.39, 0.29) is 12.2 Å². The highest BCUT2D eigenvalue weighted by atomic mass is 19.4. The molecule has 0 saturated heterocycles. The minimum atomic E-state index is -8.64. The van der Waals surface area contributed by atoms with Gasteiger partial charge in [0.2, 0.25) is 0 Å². The summed E-state index contributed by atoms with van der Waals surface area (Å²) >= 11 is 0. The number of methoxy groups -OCH3 is 1. The Morgan fingerprint density at radius 2 is 0.872 bits per heavy atom. The topological polar surface area (TPSA) is 9.23 Å². The monoisotopic (exact) mass is 608 g/mol. The third-order valence-corrected chi connectivity index (χ3v) is 6.67. The standard InChI is InChI=1S/C21H17F17O/c1-39-12-7-5-11(6-8-12)13(9-3-2-4-10-13)14(22,23)15(24,25)16(26,27)17(28,29)18(30,31)19(32,33)20(34,35)21(36,37)38/h5-8H,2-4,9-10H2,1H3. The van der Waals surface area contributed by atoms with Crippen LogP contribution in [0.2, 0.25) is 0 Å². The minimum Gasteiger partial charge on any atom is -0.497 e. The molecule has 1 aromatic rings. The Morgan fingerprint density at radius 3 is 1.23 bits per heavy atom. The molecule has 1 aromatic carbocycles. The van der Waals surface area contributed by atoms with Crippen molar-refractivity contribution in [1.82, 2.24) is 0 Å². The molecule has 0 aromatic heterocycles. The number of hydrogen-bond acceptors (Lipinski definition) is 1. The zero-order valence-electron chi connectivity index (χ0n) is 19.2. The fourth-order valence-electron chi connectivity index (χ4n) is 4.31. The average Bonchev–Trinajstić information content (AvgIpc) is 2.82. The molecule has 0 bridgehead atoms. The Morgan fingerprint density at radius 1 is 0.513 bits per heavy atom. The number of rotatable bonds is 9. The van der Waals surface area contributed by atoms with Crippen LogP contribution in [0.3, 0.4) is 0 Å². The van der Waals surface area contributed by atoms with Gasteiger partial charge in [0, 0.05) is 0 Å². The van der Waals surface area contributed by atoms with Crippen LogP contribution in [0.15, 0.2) is 24.3 Å². The predicted molar refractivity (Wildman–Crippen MR) is 98.4 cm³/mol. The second kappa shape index (κ2) is 9.45. The summed E-state index contributed by atoms with van der Waals surface area (Å²) in [5.41, 5.74) is -4.43. The maximum Gasteiger partial charge on any atom is 0.460 e. The van der Waals surface area contributed by atoms with Gasteiger partial charge in [0.05, 0.1) is 12.5 Å². The summed E-state index contributed by atoms with van der Waals surface area (Å²) in [5, 5.41) is 0. The van der Waals surface area contributed by atoms with Gasteiger partial charge in [-0.25, -0.2) is 0 Å². The number of halogens is 17. The highest BCUT2D eigenvalue weighted by molar-refractivity contribution is 5.36. The summed E-state index contributed by atoms with van der Waals surface area (Å²) in [4.78, 5) is 0. The van der Waals surface area contributed by atoms with Crippen LogP contribution < -0.4 is 4.74 Å². The van der Waals surface area contributed by atoms with E-state index in [1.54, 1.807) is 0 Å². The van der Waals surface area contributed by atoms with Crippen LogP contribution in [0.1, 0.15) is 37.7 Å². The van der Waals surface area contributed by atoms with E-state index >= 15 is 8.78 Å². The summed E-state index contributed by atoms with van der Waals surface area (Å²) in [5.74, 6) is -56.5. The van der Waals surface area contributed by atoms with E-state index in [0.29, 0.717) is 12.1 Å². The van der Waals surface area contributed by atoms with Gasteiger partial charge in [-0.1, -0.05) is 31.4 Å². The zero-order chi connectivity index (χ0) is 30.7. The molecule has 0 heterocycles. The largest absolute Gasteiger partial charge is 0.497 e. The molecule has 1 aliphatic rings. The summed E-state index contributed by atoms with van der Waals surface area (Å²) in [6.07, 6.45) is -10.9. The molecule has 1 nitrogen and oxygen atoms in total. The highest BCUT2D eigenvalue weighted by Crippen LogP contribution is 2.67. The summed E-state index contributed by atoms with van der Waals surface area (Å²) in [6.45, 7) is 0. The van der Waals surface area contributed by atoms with Crippen molar-refractivity contribution in [1.29, 1.82) is 0 Å². The van der Waals surface area contributed by atoms with Gasteiger partial charge >= 0.3 is 47.6 Å². The van der Waals surface area contributed by atoms with Crippen molar-refractivity contribution in [2.24, 2.45) is 0 Å². The predicted octanol–water partition coefficient (Wildman–Crippen LogP) is 8.91. The van der Waals surface area contributed by atoms with E-state index in [1.807, 2.05) is 0 Å². The first-order valence-corrected chi connectivity index (χ1v) is 10.6. The van der Waals surface area contributed by atoms with Crippen molar-refractivity contribution in [2.75, 3.05) is 7.11 Å². The van der Waals surface area contributed by atoms with E-state index in [0.717, 1.165) is 19.2 Å². The fourth-order valence-corrected chi connectivity index (χ4v) is 4.31. The zero-order valence-corrected chi connectivity index (χ0v) is 19.2. The molecule has 18 heteroatoms. The van der Waals surface area contributed by atoms with E-state index < -0.39 is 84.3 Å². The van der Waals surface area contributed by atoms with Gasteiger partial charge in [-0.2, -0.15) is 74.6 Å². The van der Waals surface area contributed by atoms with Gasteiger partial charge < -0.3 is 4.74 Å². The smallest absolute Gasteiger partial charge is 0.460 e. The molecule has 1 aliphatic carbocycles. The van der Waals surface area contributed by atoms with Crippen LogP contribution >= 0.6 is 0 Å². The Bertz CT molecular complexity index is 1000. The van der Waals surface area contributed by atoms with E-state index in [1.165, 1.54) is 0 Å². The molecule has 226 valence electrons.